The number of aryl methyl sites for hydroxylation is 2. The number of aromatic nitrogens is 2. The minimum absolute atomic E-state index is 0.132. The van der Waals surface area contributed by atoms with Crippen molar-refractivity contribution in [2.45, 2.75) is 50.6 Å². The van der Waals surface area contributed by atoms with Crippen molar-refractivity contribution in [1.29, 1.82) is 0 Å². The van der Waals surface area contributed by atoms with Gasteiger partial charge in [-0.05, 0) is 56.0 Å². The lowest BCUT2D eigenvalue weighted by Crippen LogP contribution is -2.46. The molecule has 11 heteroatoms. The second-order valence-electron chi connectivity index (χ2n) is 9.40. The first-order valence-electron chi connectivity index (χ1n) is 12.8. The average Bonchev–Trinajstić information content (AvgIpc) is 2.93. The Bertz CT molecular complexity index is 1360. The molecule has 1 unspecified atom stereocenters. The zero-order chi connectivity index (χ0) is 27.8. The van der Waals surface area contributed by atoms with Gasteiger partial charge in [0.25, 0.3) is 0 Å². The van der Waals surface area contributed by atoms with Crippen LogP contribution < -0.4 is 14.8 Å². The zero-order valence-electron chi connectivity index (χ0n) is 22.4. The van der Waals surface area contributed by atoms with Crippen LogP contribution in [0.1, 0.15) is 36.0 Å². The largest absolute Gasteiger partial charge is 0.497 e. The van der Waals surface area contributed by atoms with E-state index < -0.39 is 10.0 Å². The van der Waals surface area contributed by atoms with E-state index in [0.29, 0.717) is 46.4 Å². The Morgan fingerprint density at radius 2 is 1.90 bits per heavy atom. The van der Waals surface area contributed by atoms with Gasteiger partial charge < -0.3 is 19.5 Å². The number of nitrogens with zero attached hydrogens (tertiary/aromatic N) is 3. The summed E-state index contributed by atoms with van der Waals surface area (Å²) in [6.45, 7) is 4.15. The second-order valence-corrected chi connectivity index (χ2v) is 11.2. The highest BCUT2D eigenvalue weighted by Crippen LogP contribution is 2.32. The Hall–Kier alpha value is -3.54. The molecular weight excluding hydrogens is 520 g/mol. The first kappa shape index (κ1) is 28.5. The lowest BCUT2D eigenvalue weighted by Gasteiger charge is -2.35. The molecule has 10 nitrogen and oxygen atoms in total. The van der Waals surface area contributed by atoms with Gasteiger partial charge in [-0.2, -0.15) is 4.31 Å². The van der Waals surface area contributed by atoms with E-state index in [-0.39, 0.29) is 31.7 Å². The number of methoxy groups -OCH3 is 1. The minimum Gasteiger partial charge on any atom is -0.497 e. The Morgan fingerprint density at radius 1 is 1.13 bits per heavy atom. The van der Waals surface area contributed by atoms with Crippen molar-refractivity contribution >= 4 is 15.9 Å². The van der Waals surface area contributed by atoms with E-state index in [1.54, 1.807) is 45.4 Å². The number of hydrogen-bond acceptors (Lipinski definition) is 8. The summed E-state index contributed by atoms with van der Waals surface area (Å²) in [4.78, 5) is 20.9. The van der Waals surface area contributed by atoms with Crippen LogP contribution in [0, 0.1) is 13.8 Å². The van der Waals surface area contributed by atoms with Crippen LogP contribution in [0.25, 0.3) is 0 Å². The third-order valence-corrected chi connectivity index (χ3v) is 8.81. The van der Waals surface area contributed by atoms with Gasteiger partial charge in [-0.3, -0.25) is 9.78 Å². The number of amides is 1. The van der Waals surface area contributed by atoms with Gasteiger partial charge in [0.2, 0.25) is 21.8 Å². The lowest BCUT2D eigenvalue weighted by molar-refractivity contribution is -0.126. The summed E-state index contributed by atoms with van der Waals surface area (Å²) in [6.07, 6.45) is 6.95. The van der Waals surface area contributed by atoms with Crippen molar-refractivity contribution in [1.82, 2.24) is 19.6 Å². The molecule has 1 atom stereocenters. The molecule has 1 aliphatic rings. The standard InChI is InChI=1S/C28H34N4O6S/c1-20-14-24(36-3)15-21(2)28(20)39(34,35)32-13-7-6-9-23(32)18-37-19-26(33)31-16-22-8-4-5-10-25(22)38-27-17-29-11-12-30-27/h4-5,8,10-12,14-15,17,23H,6-7,9,13,16,18-19H2,1-3H3,(H,31,33). The zero-order valence-corrected chi connectivity index (χ0v) is 23.2. The summed E-state index contributed by atoms with van der Waals surface area (Å²) in [6, 6.07) is 10.4. The molecule has 0 bridgehead atoms. The molecule has 1 saturated heterocycles. The number of hydrogen-bond donors (Lipinski definition) is 1. The molecule has 0 aliphatic carbocycles. The molecule has 1 aromatic heterocycles. The molecule has 0 spiro atoms. The Balaban J connectivity index is 1.34. The fourth-order valence-electron chi connectivity index (χ4n) is 4.74. The molecule has 2 aromatic carbocycles. The van der Waals surface area contributed by atoms with E-state index in [4.69, 9.17) is 14.2 Å². The summed E-state index contributed by atoms with van der Waals surface area (Å²) < 4.78 is 45.7. The highest BCUT2D eigenvalue weighted by molar-refractivity contribution is 7.89. The van der Waals surface area contributed by atoms with Crippen LogP contribution >= 0.6 is 0 Å². The molecule has 1 amide bonds. The van der Waals surface area contributed by atoms with Crippen LogP contribution in [0.2, 0.25) is 0 Å². The van der Waals surface area contributed by atoms with Crippen molar-refractivity contribution < 1.29 is 27.4 Å². The van der Waals surface area contributed by atoms with Crippen LogP contribution in [-0.4, -0.2) is 61.5 Å². The number of sulfonamides is 1. The molecule has 1 N–H and O–H groups in total. The summed E-state index contributed by atoms with van der Waals surface area (Å²) in [7, 11) is -2.19. The molecule has 3 aromatic rings. The fraction of sp³-hybridized carbons (Fsp3) is 0.393. The Kier molecular flexibility index (Phi) is 9.50. The van der Waals surface area contributed by atoms with E-state index in [9.17, 15) is 13.2 Å². The molecule has 2 heterocycles. The maximum Gasteiger partial charge on any atom is 0.246 e. The first-order valence-corrected chi connectivity index (χ1v) is 14.3. The van der Waals surface area contributed by atoms with Gasteiger partial charge in [-0.15, -0.1) is 0 Å². The van der Waals surface area contributed by atoms with Crippen LogP contribution in [0.4, 0.5) is 0 Å². The van der Waals surface area contributed by atoms with Gasteiger partial charge in [0.1, 0.15) is 18.1 Å². The smallest absolute Gasteiger partial charge is 0.246 e. The Labute approximate surface area is 229 Å². The lowest BCUT2D eigenvalue weighted by atomic mass is 10.1. The predicted molar refractivity (Wildman–Crippen MR) is 145 cm³/mol. The quantitative estimate of drug-likeness (QED) is 0.380. The van der Waals surface area contributed by atoms with E-state index in [1.165, 1.54) is 16.7 Å². The van der Waals surface area contributed by atoms with Crippen LogP contribution in [-0.2, 0) is 26.1 Å². The fourth-order valence-corrected chi connectivity index (χ4v) is 6.84. The number of carbonyl (C=O) groups is 1. The maximum absolute atomic E-state index is 13.7. The van der Waals surface area contributed by atoms with Crippen LogP contribution in [0.3, 0.4) is 0 Å². The number of rotatable bonds is 11. The third-order valence-electron chi connectivity index (χ3n) is 6.56. The number of carbonyl (C=O) groups excluding carboxylic acids is 1. The number of ether oxygens (including phenoxy) is 3. The van der Waals surface area contributed by atoms with E-state index in [0.717, 1.165) is 18.4 Å². The van der Waals surface area contributed by atoms with Gasteiger partial charge in [-0.25, -0.2) is 13.4 Å². The molecule has 39 heavy (non-hydrogen) atoms. The SMILES string of the molecule is COc1cc(C)c(S(=O)(=O)N2CCCCC2COCC(=O)NCc2ccccc2Oc2cnccn2)c(C)c1. The third kappa shape index (κ3) is 7.11. The number of nitrogens with one attached hydrogen (secondary N) is 1. The topological polar surface area (TPSA) is 120 Å². The van der Waals surface area contributed by atoms with Crippen LogP contribution in [0.5, 0.6) is 17.4 Å². The summed E-state index contributed by atoms with van der Waals surface area (Å²) >= 11 is 0. The van der Waals surface area contributed by atoms with Crippen molar-refractivity contribution in [2.75, 3.05) is 26.9 Å². The molecule has 0 radical (unpaired) electrons. The molecule has 0 saturated carbocycles. The summed E-state index contributed by atoms with van der Waals surface area (Å²) in [5.41, 5.74) is 2.05. The second kappa shape index (κ2) is 13.0. The van der Waals surface area contributed by atoms with E-state index in [1.807, 2.05) is 18.2 Å². The van der Waals surface area contributed by atoms with E-state index in [2.05, 4.69) is 15.3 Å². The number of benzene rings is 2. The van der Waals surface area contributed by atoms with Crippen LogP contribution in [0.15, 0.2) is 59.9 Å². The number of para-hydroxylation sites is 1. The molecule has 4 rings (SSSR count). The van der Waals surface area contributed by atoms with Crippen molar-refractivity contribution in [2.24, 2.45) is 0 Å². The molecule has 208 valence electrons. The highest BCUT2D eigenvalue weighted by atomic mass is 32.2. The monoisotopic (exact) mass is 554 g/mol. The average molecular weight is 555 g/mol. The molecular formula is C28H34N4O6S. The van der Waals surface area contributed by atoms with Gasteiger partial charge in [0.05, 0.1) is 24.8 Å². The molecule has 1 aliphatic heterocycles. The van der Waals surface area contributed by atoms with Gasteiger partial charge in [0, 0.05) is 37.1 Å². The maximum atomic E-state index is 13.7. The van der Waals surface area contributed by atoms with Crippen molar-refractivity contribution in [3.8, 4) is 17.4 Å². The normalized spacial score (nSPS) is 16.0. The predicted octanol–water partition coefficient (Wildman–Crippen LogP) is 3.77. The van der Waals surface area contributed by atoms with Crippen molar-refractivity contribution in [3.63, 3.8) is 0 Å². The Morgan fingerprint density at radius 3 is 2.62 bits per heavy atom. The number of piperidine rings is 1. The van der Waals surface area contributed by atoms with Gasteiger partial charge in [-0.1, -0.05) is 24.6 Å². The minimum atomic E-state index is -3.75. The summed E-state index contributed by atoms with van der Waals surface area (Å²) in [5.74, 6) is 1.23. The highest BCUT2D eigenvalue weighted by Gasteiger charge is 2.35. The van der Waals surface area contributed by atoms with Crippen molar-refractivity contribution in [3.05, 3.63) is 71.7 Å². The first-order chi connectivity index (χ1) is 18.8. The van der Waals surface area contributed by atoms with E-state index >= 15 is 0 Å². The van der Waals surface area contributed by atoms with Gasteiger partial charge in [0.15, 0.2) is 0 Å². The molecule has 1 fully saturated rings. The summed E-state index contributed by atoms with van der Waals surface area (Å²) in [5, 5.41) is 2.83. The van der Waals surface area contributed by atoms with Gasteiger partial charge >= 0.3 is 0 Å².